The van der Waals surface area contributed by atoms with E-state index in [1.165, 1.54) is 13.0 Å². The highest BCUT2D eigenvalue weighted by Crippen LogP contribution is 2.16. The van der Waals surface area contributed by atoms with Crippen molar-refractivity contribution >= 4 is 17.3 Å². The van der Waals surface area contributed by atoms with Gasteiger partial charge in [0, 0.05) is 24.8 Å². The van der Waals surface area contributed by atoms with Gasteiger partial charge in [0.2, 0.25) is 5.91 Å². The van der Waals surface area contributed by atoms with Crippen molar-refractivity contribution in [3.63, 3.8) is 0 Å². The summed E-state index contributed by atoms with van der Waals surface area (Å²) in [5.74, 6) is -0.306. The second kappa shape index (κ2) is 6.19. The number of rotatable bonds is 4. The molecule has 104 valence electrons. The van der Waals surface area contributed by atoms with Crippen LogP contribution in [0.2, 0.25) is 0 Å². The minimum atomic E-state index is -0.198. The molecule has 0 fully saturated rings. The highest BCUT2D eigenvalue weighted by atomic mass is 19.1. The SMILES string of the molecule is CC(=O)Nc1cccc(NCc2ccc(C)c(F)c2)c1. The molecule has 1 amide bonds. The smallest absolute Gasteiger partial charge is 0.221 e. The third-order valence-electron chi connectivity index (χ3n) is 2.92. The molecule has 0 saturated heterocycles. The number of benzene rings is 2. The van der Waals surface area contributed by atoms with E-state index < -0.39 is 0 Å². The van der Waals surface area contributed by atoms with Crippen molar-refractivity contribution < 1.29 is 9.18 Å². The number of carbonyl (C=O) groups excluding carboxylic acids is 1. The molecule has 2 N–H and O–H groups in total. The molecule has 4 heteroatoms. The number of amides is 1. The molecule has 3 nitrogen and oxygen atoms in total. The monoisotopic (exact) mass is 272 g/mol. The molecule has 0 heterocycles. The van der Waals surface area contributed by atoms with Crippen LogP contribution in [0.4, 0.5) is 15.8 Å². The molecule has 0 aliphatic carbocycles. The van der Waals surface area contributed by atoms with Crippen LogP contribution in [0.1, 0.15) is 18.1 Å². The fraction of sp³-hybridized carbons (Fsp3) is 0.188. The van der Waals surface area contributed by atoms with Crippen molar-refractivity contribution in [3.8, 4) is 0 Å². The van der Waals surface area contributed by atoms with E-state index in [1.807, 2.05) is 30.3 Å². The lowest BCUT2D eigenvalue weighted by Crippen LogP contribution is -2.06. The predicted molar refractivity (Wildman–Crippen MR) is 79.2 cm³/mol. The van der Waals surface area contributed by atoms with Gasteiger partial charge in [-0.1, -0.05) is 18.2 Å². The second-order valence-corrected chi connectivity index (χ2v) is 4.70. The molecule has 0 unspecified atom stereocenters. The summed E-state index contributed by atoms with van der Waals surface area (Å²) in [4.78, 5) is 11.0. The number of nitrogens with one attached hydrogen (secondary N) is 2. The number of hydrogen-bond acceptors (Lipinski definition) is 2. The molecule has 2 aromatic carbocycles. The number of hydrogen-bond donors (Lipinski definition) is 2. The van der Waals surface area contributed by atoms with E-state index in [4.69, 9.17) is 0 Å². The van der Waals surface area contributed by atoms with E-state index in [9.17, 15) is 9.18 Å². The van der Waals surface area contributed by atoms with Crippen molar-refractivity contribution in [2.24, 2.45) is 0 Å². The molecule has 0 aromatic heterocycles. The summed E-state index contributed by atoms with van der Waals surface area (Å²) in [6.45, 7) is 3.74. The topological polar surface area (TPSA) is 41.1 Å². The first-order valence-corrected chi connectivity index (χ1v) is 6.41. The minimum Gasteiger partial charge on any atom is -0.381 e. The van der Waals surface area contributed by atoms with E-state index in [0.717, 1.165) is 16.9 Å². The summed E-state index contributed by atoms with van der Waals surface area (Å²) < 4.78 is 13.4. The molecule has 2 aromatic rings. The molecule has 0 atom stereocenters. The molecule has 2 rings (SSSR count). The second-order valence-electron chi connectivity index (χ2n) is 4.70. The van der Waals surface area contributed by atoms with Crippen LogP contribution in [-0.2, 0) is 11.3 Å². The molecular formula is C16H17FN2O. The number of anilines is 2. The first kappa shape index (κ1) is 14.1. The first-order chi connectivity index (χ1) is 9.54. The van der Waals surface area contributed by atoms with Crippen LogP contribution in [0.5, 0.6) is 0 Å². The van der Waals surface area contributed by atoms with Crippen molar-refractivity contribution in [2.45, 2.75) is 20.4 Å². The average molecular weight is 272 g/mol. The Morgan fingerprint density at radius 3 is 2.60 bits per heavy atom. The van der Waals surface area contributed by atoms with Gasteiger partial charge in [-0.3, -0.25) is 4.79 Å². The molecule has 0 radical (unpaired) electrons. The molecule has 0 aliphatic rings. The number of halogens is 1. The maximum atomic E-state index is 13.4. The highest BCUT2D eigenvalue weighted by molar-refractivity contribution is 5.89. The van der Waals surface area contributed by atoms with E-state index in [2.05, 4.69) is 10.6 Å². The van der Waals surface area contributed by atoms with Crippen LogP contribution in [0.25, 0.3) is 0 Å². The molecular weight excluding hydrogens is 255 g/mol. The maximum Gasteiger partial charge on any atom is 0.221 e. The Labute approximate surface area is 117 Å². The Balaban J connectivity index is 2.03. The molecule has 20 heavy (non-hydrogen) atoms. The van der Waals surface area contributed by atoms with Crippen LogP contribution in [0.15, 0.2) is 42.5 Å². The van der Waals surface area contributed by atoms with Crippen LogP contribution in [-0.4, -0.2) is 5.91 Å². The number of carbonyl (C=O) groups is 1. The Hall–Kier alpha value is -2.36. The van der Waals surface area contributed by atoms with Gasteiger partial charge in [-0.15, -0.1) is 0 Å². The molecule has 0 saturated carbocycles. The van der Waals surface area contributed by atoms with Gasteiger partial charge in [0.1, 0.15) is 5.82 Å². The van der Waals surface area contributed by atoms with E-state index >= 15 is 0 Å². The van der Waals surface area contributed by atoms with Crippen molar-refractivity contribution in [1.29, 1.82) is 0 Å². The summed E-state index contributed by atoms with van der Waals surface area (Å²) >= 11 is 0. The molecule has 0 spiro atoms. The lowest BCUT2D eigenvalue weighted by Gasteiger charge is -2.09. The van der Waals surface area contributed by atoms with Gasteiger partial charge in [-0.2, -0.15) is 0 Å². The zero-order valence-electron chi connectivity index (χ0n) is 11.5. The third kappa shape index (κ3) is 3.82. The lowest BCUT2D eigenvalue weighted by atomic mass is 10.1. The maximum absolute atomic E-state index is 13.4. The molecule has 0 bridgehead atoms. The Bertz CT molecular complexity index is 626. The normalized spacial score (nSPS) is 10.2. The summed E-state index contributed by atoms with van der Waals surface area (Å²) in [5, 5.41) is 5.92. The summed E-state index contributed by atoms with van der Waals surface area (Å²) in [5.41, 5.74) is 3.12. The largest absolute Gasteiger partial charge is 0.381 e. The lowest BCUT2D eigenvalue weighted by molar-refractivity contribution is -0.114. The fourth-order valence-electron chi connectivity index (χ4n) is 1.86. The summed E-state index contributed by atoms with van der Waals surface area (Å²) in [7, 11) is 0. The van der Waals surface area contributed by atoms with Crippen molar-refractivity contribution in [3.05, 3.63) is 59.4 Å². The van der Waals surface area contributed by atoms with E-state index in [1.54, 1.807) is 13.0 Å². The fourth-order valence-corrected chi connectivity index (χ4v) is 1.86. The van der Waals surface area contributed by atoms with Crippen LogP contribution >= 0.6 is 0 Å². The van der Waals surface area contributed by atoms with Gasteiger partial charge < -0.3 is 10.6 Å². The van der Waals surface area contributed by atoms with E-state index in [0.29, 0.717) is 12.1 Å². The van der Waals surface area contributed by atoms with Gasteiger partial charge >= 0.3 is 0 Å². The third-order valence-corrected chi connectivity index (χ3v) is 2.92. The van der Waals surface area contributed by atoms with Gasteiger partial charge in [0.15, 0.2) is 0 Å². The zero-order valence-corrected chi connectivity index (χ0v) is 11.5. The Morgan fingerprint density at radius 2 is 1.90 bits per heavy atom. The standard InChI is InChI=1S/C16H17FN2O/c1-11-6-7-13(8-16(11)17)10-18-14-4-3-5-15(9-14)19-12(2)20/h3-9,18H,10H2,1-2H3,(H,19,20). The quantitative estimate of drug-likeness (QED) is 0.891. The van der Waals surface area contributed by atoms with Crippen molar-refractivity contribution in [2.75, 3.05) is 10.6 Å². The van der Waals surface area contributed by atoms with Crippen LogP contribution in [0, 0.1) is 12.7 Å². The van der Waals surface area contributed by atoms with Crippen LogP contribution in [0.3, 0.4) is 0 Å². The number of aryl methyl sites for hydroxylation is 1. The Kier molecular flexibility index (Phi) is 4.35. The van der Waals surface area contributed by atoms with Crippen molar-refractivity contribution in [1.82, 2.24) is 0 Å². The van der Waals surface area contributed by atoms with Crippen LogP contribution < -0.4 is 10.6 Å². The molecule has 0 aliphatic heterocycles. The zero-order chi connectivity index (χ0) is 14.5. The van der Waals surface area contributed by atoms with E-state index in [-0.39, 0.29) is 11.7 Å². The Morgan fingerprint density at radius 1 is 1.15 bits per heavy atom. The summed E-state index contributed by atoms with van der Waals surface area (Å²) in [6.07, 6.45) is 0. The minimum absolute atomic E-state index is 0.109. The van der Waals surface area contributed by atoms with Gasteiger partial charge in [-0.05, 0) is 42.3 Å². The summed E-state index contributed by atoms with van der Waals surface area (Å²) in [6, 6.07) is 12.6. The van der Waals surface area contributed by atoms with Gasteiger partial charge in [-0.25, -0.2) is 4.39 Å². The predicted octanol–water partition coefficient (Wildman–Crippen LogP) is 3.70. The van der Waals surface area contributed by atoms with Gasteiger partial charge in [0.05, 0.1) is 0 Å². The average Bonchev–Trinajstić information content (AvgIpc) is 2.40. The van der Waals surface area contributed by atoms with Gasteiger partial charge in [0.25, 0.3) is 0 Å². The first-order valence-electron chi connectivity index (χ1n) is 6.41. The highest BCUT2D eigenvalue weighted by Gasteiger charge is 2.01.